The summed E-state index contributed by atoms with van der Waals surface area (Å²) in [6, 6.07) is -0.949. The molecule has 0 amide bonds. The molecule has 216 valence electrons. The van der Waals surface area contributed by atoms with E-state index < -0.39 is 12.0 Å². The number of hydrogen-bond acceptors (Lipinski definition) is 9. The van der Waals surface area contributed by atoms with E-state index in [1.165, 1.54) is 14.2 Å². The van der Waals surface area contributed by atoms with E-state index in [4.69, 9.17) is 24.7 Å². The first kappa shape index (κ1) is 33.3. The number of carbonyl (C=O) groups excluding carboxylic acids is 4. The van der Waals surface area contributed by atoms with Gasteiger partial charge in [-0.2, -0.15) is 0 Å². The predicted molar refractivity (Wildman–Crippen MR) is 144 cm³/mol. The largest absolute Gasteiger partial charge is 0.489 e. The standard InChI is InChI=1S/C29H47NO8/c1-5-6-7-15-18-24(31)38-20-23(30)29(34)37-19-16-13-11-9-8-10-12-14-17-22-21(2)25(32)27(35-3)28(36-4)26(22)33/h23H,5-20,30H2,1-4H3. The Kier molecular flexibility index (Phi) is 17.0. The SMILES string of the molecule is CCCCCCC(=O)OCC(N)C(=O)OCCCCCCCCCCC1=C(C)C(=O)C(OC)=C(OC)C1=O. The lowest BCUT2D eigenvalue weighted by Gasteiger charge is -2.20. The normalized spacial score (nSPS) is 14.6. The van der Waals surface area contributed by atoms with Gasteiger partial charge >= 0.3 is 11.9 Å². The van der Waals surface area contributed by atoms with E-state index in [-0.39, 0.29) is 35.7 Å². The van der Waals surface area contributed by atoms with Crippen molar-refractivity contribution >= 4 is 23.5 Å². The molecule has 1 atom stereocenters. The summed E-state index contributed by atoms with van der Waals surface area (Å²) >= 11 is 0. The minimum Gasteiger partial charge on any atom is -0.489 e. The third-order valence-electron chi connectivity index (χ3n) is 6.62. The summed E-state index contributed by atoms with van der Waals surface area (Å²) in [5, 5.41) is 0. The van der Waals surface area contributed by atoms with Gasteiger partial charge in [0.25, 0.3) is 0 Å². The molecule has 0 aromatic heterocycles. The van der Waals surface area contributed by atoms with E-state index in [0.717, 1.165) is 77.0 Å². The average molecular weight is 538 g/mol. The van der Waals surface area contributed by atoms with Gasteiger partial charge in [0.05, 0.1) is 20.8 Å². The number of Topliss-reactive ketones (excluding diaryl/α,β-unsaturated/α-hetero) is 2. The Bertz CT molecular complexity index is 846. The lowest BCUT2D eigenvalue weighted by Crippen LogP contribution is -2.37. The first-order valence-corrected chi connectivity index (χ1v) is 14.0. The molecule has 0 spiro atoms. The molecule has 38 heavy (non-hydrogen) atoms. The van der Waals surface area contributed by atoms with Crippen molar-refractivity contribution in [3.8, 4) is 0 Å². The molecule has 9 nitrogen and oxygen atoms in total. The fourth-order valence-electron chi connectivity index (χ4n) is 4.26. The monoisotopic (exact) mass is 537 g/mol. The van der Waals surface area contributed by atoms with Crippen LogP contribution in [0.1, 0.15) is 104 Å². The Balaban J connectivity index is 2.08. The summed E-state index contributed by atoms with van der Waals surface area (Å²) in [6.45, 7) is 3.93. The van der Waals surface area contributed by atoms with Crippen molar-refractivity contribution in [2.75, 3.05) is 27.4 Å². The fraction of sp³-hybridized carbons (Fsp3) is 0.724. The Morgan fingerprint density at radius 2 is 1.32 bits per heavy atom. The summed E-state index contributed by atoms with van der Waals surface area (Å²) in [5.41, 5.74) is 6.71. The summed E-state index contributed by atoms with van der Waals surface area (Å²) in [7, 11) is 2.73. The molecule has 2 N–H and O–H groups in total. The smallest absolute Gasteiger partial charge is 0.326 e. The predicted octanol–water partition coefficient (Wildman–Crippen LogP) is 4.85. The minimum absolute atomic E-state index is 0.0117. The van der Waals surface area contributed by atoms with Crippen LogP contribution in [-0.4, -0.2) is 57.0 Å². The first-order chi connectivity index (χ1) is 18.3. The second kappa shape index (κ2) is 19.4. The maximum atomic E-state index is 12.6. The molecule has 9 heteroatoms. The highest BCUT2D eigenvalue weighted by atomic mass is 16.6. The van der Waals surface area contributed by atoms with E-state index in [1.54, 1.807) is 6.92 Å². The van der Waals surface area contributed by atoms with Gasteiger partial charge in [0.2, 0.25) is 23.1 Å². The maximum absolute atomic E-state index is 12.6. The lowest BCUT2D eigenvalue weighted by molar-refractivity contribution is -0.151. The van der Waals surface area contributed by atoms with Gasteiger partial charge in [0.15, 0.2) is 0 Å². The van der Waals surface area contributed by atoms with Crippen molar-refractivity contribution in [3.63, 3.8) is 0 Å². The van der Waals surface area contributed by atoms with E-state index in [2.05, 4.69) is 6.92 Å². The zero-order valence-corrected chi connectivity index (χ0v) is 23.7. The van der Waals surface area contributed by atoms with Gasteiger partial charge in [-0.1, -0.05) is 64.7 Å². The number of unbranched alkanes of at least 4 members (excludes halogenated alkanes) is 10. The Hall–Kier alpha value is -2.68. The first-order valence-electron chi connectivity index (χ1n) is 14.0. The third-order valence-corrected chi connectivity index (χ3v) is 6.62. The maximum Gasteiger partial charge on any atom is 0.326 e. The van der Waals surface area contributed by atoms with Gasteiger partial charge in [-0.3, -0.25) is 19.2 Å². The molecule has 0 bridgehead atoms. The Labute approximate surface area is 227 Å². The fourth-order valence-corrected chi connectivity index (χ4v) is 4.26. The van der Waals surface area contributed by atoms with E-state index in [9.17, 15) is 19.2 Å². The average Bonchev–Trinajstić information content (AvgIpc) is 2.91. The zero-order valence-electron chi connectivity index (χ0n) is 23.7. The second-order valence-electron chi connectivity index (χ2n) is 9.67. The molecule has 0 saturated carbocycles. The van der Waals surface area contributed by atoms with Crippen LogP contribution in [0.15, 0.2) is 22.7 Å². The lowest BCUT2D eigenvalue weighted by atomic mass is 9.89. The second-order valence-corrected chi connectivity index (χ2v) is 9.67. The highest BCUT2D eigenvalue weighted by Crippen LogP contribution is 2.28. The van der Waals surface area contributed by atoms with Crippen LogP contribution in [0, 0.1) is 0 Å². The van der Waals surface area contributed by atoms with Crippen LogP contribution in [0.4, 0.5) is 0 Å². The molecule has 1 rings (SSSR count). The molecular formula is C29H47NO8. The van der Waals surface area contributed by atoms with Crippen LogP contribution < -0.4 is 5.73 Å². The van der Waals surface area contributed by atoms with Crippen molar-refractivity contribution in [1.82, 2.24) is 0 Å². The molecule has 0 aromatic carbocycles. The van der Waals surface area contributed by atoms with Crippen molar-refractivity contribution in [3.05, 3.63) is 22.7 Å². The number of ether oxygens (including phenoxy) is 4. The number of carbonyl (C=O) groups is 4. The van der Waals surface area contributed by atoms with Crippen LogP contribution in [0.3, 0.4) is 0 Å². The number of rotatable bonds is 21. The Morgan fingerprint density at radius 1 is 0.763 bits per heavy atom. The topological polar surface area (TPSA) is 131 Å². The molecular weight excluding hydrogens is 490 g/mol. The van der Waals surface area contributed by atoms with Gasteiger partial charge in [-0.05, 0) is 32.6 Å². The summed E-state index contributed by atoms with van der Waals surface area (Å²) in [5.74, 6) is -1.45. The van der Waals surface area contributed by atoms with Crippen LogP contribution in [0.5, 0.6) is 0 Å². The van der Waals surface area contributed by atoms with Crippen LogP contribution in [0.2, 0.25) is 0 Å². The molecule has 0 fully saturated rings. The summed E-state index contributed by atoms with van der Waals surface area (Å²) in [4.78, 5) is 48.6. The van der Waals surface area contributed by atoms with Gasteiger partial charge in [-0.25, -0.2) is 0 Å². The zero-order chi connectivity index (χ0) is 28.3. The van der Waals surface area contributed by atoms with Crippen molar-refractivity contribution in [1.29, 1.82) is 0 Å². The number of methoxy groups -OCH3 is 2. The number of ketones is 2. The molecule has 0 heterocycles. The van der Waals surface area contributed by atoms with Crippen molar-refractivity contribution in [2.24, 2.45) is 5.73 Å². The van der Waals surface area contributed by atoms with Crippen molar-refractivity contribution in [2.45, 2.75) is 110 Å². The quantitative estimate of drug-likeness (QED) is 0.124. The Morgan fingerprint density at radius 3 is 1.92 bits per heavy atom. The van der Waals surface area contributed by atoms with Crippen LogP contribution in [0.25, 0.3) is 0 Å². The highest BCUT2D eigenvalue weighted by molar-refractivity contribution is 6.23. The van der Waals surface area contributed by atoms with Crippen LogP contribution in [-0.2, 0) is 38.1 Å². The van der Waals surface area contributed by atoms with E-state index >= 15 is 0 Å². The van der Waals surface area contributed by atoms with E-state index in [0.29, 0.717) is 30.6 Å². The van der Waals surface area contributed by atoms with Gasteiger partial charge in [0.1, 0.15) is 12.6 Å². The number of esters is 2. The van der Waals surface area contributed by atoms with Gasteiger partial charge in [0, 0.05) is 17.6 Å². The molecule has 0 aromatic rings. The third kappa shape index (κ3) is 11.8. The summed E-state index contributed by atoms with van der Waals surface area (Å²) in [6.07, 6.45) is 12.6. The highest BCUT2D eigenvalue weighted by Gasteiger charge is 2.34. The minimum atomic E-state index is -0.949. The molecule has 1 aliphatic carbocycles. The van der Waals surface area contributed by atoms with Crippen molar-refractivity contribution < 1.29 is 38.1 Å². The number of hydrogen-bond donors (Lipinski definition) is 1. The molecule has 0 aliphatic heterocycles. The van der Waals surface area contributed by atoms with Gasteiger partial charge in [-0.15, -0.1) is 0 Å². The molecule has 1 aliphatic rings. The molecule has 0 saturated heterocycles. The molecule has 0 radical (unpaired) electrons. The number of allylic oxidation sites excluding steroid dienone is 2. The van der Waals surface area contributed by atoms with Gasteiger partial charge < -0.3 is 24.7 Å². The number of nitrogens with two attached hydrogens (primary N) is 1. The van der Waals surface area contributed by atoms with Crippen LogP contribution >= 0.6 is 0 Å². The van der Waals surface area contributed by atoms with E-state index in [1.807, 2.05) is 0 Å². The molecule has 1 unspecified atom stereocenters. The summed E-state index contributed by atoms with van der Waals surface area (Å²) < 4.78 is 20.4.